The zero-order valence-electron chi connectivity index (χ0n) is 13.7. The van der Waals surface area contributed by atoms with Gasteiger partial charge in [-0.2, -0.15) is 0 Å². The van der Waals surface area contributed by atoms with Gasteiger partial charge >= 0.3 is 6.03 Å². The van der Waals surface area contributed by atoms with Crippen molar-refractivity contribution in [3.05, 3.63) is 0 Å². The Morgan fingerprint density at radius 2 is 1.95 bits per heavy atom. The molecule has 2 fully saturated rings. The Kier molecular flexibility index (Phi) is 5.91. The quantitative estimate of drug-likeness (QED) is 0.740. The number of hydrogen-bond acceptors (Lipinski definition) is 2. The summed E-state index contributed by atoms with van der Waals surface area (Å²) in [6.45, 7) is 5.97. The van der Waals surface area contributed by atoms with Crippen LogP contribution < -0.4 is 5.32 Å². The molecule has 1 saturated carbocycles. The van der Waals surface area contributed by atoms with Crippen LogP contribution in [-0.4, -0.2) is 41.8 Å². The first-order valence-corrected chi connectivity index (χ1v) is 8.69. The number of hydrogen-bond donors (Lipinski definition) is 2. The summed E-state index contributed by atoms with van der Waals surface area (Å²) >= 11 is 0. The molecule has 1 aliphatic carbocycles. The molecule has 21 heavy (non-hydrogen) atoms. The normalized spacial score (nSPS) is 23.8. The Balaban J connectivity index is 1.72. The van der Waals surface area contributed by atoms with E-state index in [1.807, 2.05) is 0 Å². The van der Waals surface area contributed by atoms with Gasteiger partial charge in [0, 0.05) is 25.7 Å². The molecule has 2 N–H and O–H groups in total. The maximum absolute atomic E-state index is 12.4. The van der Waals surface area contributed by atoms with Crippen molar-refractivity contribution in [1.82, 2.24) is 10.2 Å². The zero-order chi connectivity index (χ0) is 15.3. The van der Waals surface area contributed by atoms with Gasteiger partial charge in [0.15, 0.2) is 0 Å². The van der Waals surface area contributed by atoms with E-state index >= 15 is 0 Å². The number of aliphatic hydroxyl groups excluding tert-OH is 1. The topological polar surface area (TPSA) is 52.6 Å². The van der Waals surface area contributed by atoms with Crippen molar-refractivity contribution in [3.8, 4) is 0 Å². The predicted molar refractivity (Wildman–Crippen MR) is 85.2 cm³/mol. The lowest BCUT2D eigenvalue weighted by Crippen LogP contribution is -2.45. The molecule has 1 unspecified atom stereocenters. The van der Waals surface area contributed by atoms with E-state index in [2.05, 4.69) is 24.1 Å². The van der Waals surface area contributed by atoms with E-state index in [4.69, 9.17) is 0 Å². The van der Waals surface area contributed by atoms with Gasteiger partial charge in [-0.3, -0.25) is 0 Å². The smallest absolute Gasteiger partial charge is 0.317 e. The molecule has 1 heterocycles. The summed E-state index contributed by atoms with van der Waals surface area (Å²) in [5.41, 5.74) is -0.0369. The molecule has 0 bridgehead atoms. The van der Waals surface area contributed by atoms with Crippen LogP contribution in [0.4, 0.5) is 4.79 Å². The van der Waals surface area contributed by atoms with Crippen LogP contribution in [0, 0.1) is 11.3 Å². The summed E-state index contributed by atoms with van der Waals surface area (Å²) in [5, 5.41) is 12.3. The molecule has 2 rings (SSSR count). The fourth-order valence-electron chi connectivity index (χ4n) is 3.82. The molecule has 0 aromatic rings. The first kappa shape index (κ1) is 16.6. The minimum atomic E-state index is -0.0369. The molecule has 1 saturated heterocycles. The van der Waals surface area contributed by atoms with Crippen LogP contribution in [0.2, 0.25) is 0 Å². The first-order valence-electron chi connectivity index (χ1n) is 8.69. The molecule has 1 aliphatic heterocycles. The summed E-state index contributed by atoms with van der Waals surface area (Å²) < 4.78 is 0. The second-order valence-electron chi connectivity index (χ2n) is 7.61. The van der Waals surface area contributed by atoms with E-state index in [0.717, 1.165) is 38.3 Å². The first-order chi connectivity index (χ1) is 10.0. The van der Waals surface area contributed by atoms with Crippen molar-refractivity contribution < 1.29 is 9.90 Å². The molecule has 2 amide bonds. The minimum absolute atomic E-state index is 0.0369. The molecule has 0 spiro atoms. The van der Waals surface area contributed by atoms with Gasteiger partial charge in [-0.05, 0) is 49.9 Å². The number of urea groups is 1. The molecule has 122 valence electrons. The van der Waals surface area contributed by atoms with E-state index in [9.17, 15) is 9.90 Å². The Bertz CT molecular complexity index is 338. The second kappa shape index (κ2) is 7.48. The van der Waals surface area contributed by atoms with Crippen LogP contribution in [-0.2, 0) is 0 Å². The predicted octanol–water partition coefficient (Wildman–Crippen LogP) is 3.15. The lowest BCUT2D eigenvalue weighted by atomic mass is 9.89. The summed E-state index contributed by atoms with van der Waals surface area (Å²) in [4.78, 5) is 14.5. The highest BCUT2D eigenvalue weighted by Gasteiger charge is 2.35. The van der Waals surface area contributed by atoms with Crippen LogP contribution in [0.25, 0.3) is 0 Å². The van der Waals surface area contributed by atoms with E-state index in [0.29, 0.717) is 6.04 Å². The zero-order valence-corrected chi connectivity index (χ0v) is 13.7. The number of amides is 2. The molecular formula is C17H32N2O2. The second-order valence-corrected chi connectivity index (χ2v) is 7.61. The molecule has 1 atom stereocenters. The Labute approximate surface area is 129 Å². The molecule has 0 radical (unpaired) electrons. The number of likely N-dealkylation sites (tertiary alicyclic amines) is 1. The van der Waals surface area contributed by atoms with Gasteiger partial charge < -0.3 is 15.3 Å². The van der Waals surface area contributed by atoms with Crippen molar-refractivity contribution in [2.24, 2.45) is 11.3 Å². The van der Waals surface area contributed by atoms with Crippen molar-refractivity contribution in [3.63, 3.8) is 0 Å². The molecular weight excluding hydrogens is 264 g/mol. The molecule has 0 aromatic carbocycles. The maximum atomic E-state index is 12.4. The Hall–Kier alpha value is -0.770. The van der Waals surface area contributed by atoms with E-state index in [1.54, 1.807) is 0 Å². The van der Waals surface area contributed by atoms with Gasteiger partial charge in [0.25, 0.3) is 0 Å². The number of nitrogens with one attached hydrogen (secondary N) is 1. The van der Waals surface area contributed by atoms with Crippen LogP contribution in [0.5, 0.6) is 0 Å². The third-order valence-electron chi connectivity index (χ3n) is 5.24. The third kappa shape index (κ3) is 4.60. The van der Waals surface area contributed by atoms with Gasteiger partial charge in [-0.15, -0.1) is 0 Å². The number of carbonyl (C=O) groups excluding carboxylic acids is 1. The lowest BCUT2D eigenvalue weighted by molar-refractivity contribution is 0.146. The van der Waals surface area contributed by atoms with Gasteiger partial charge in [0.05, 0.1) is 0 Å². The summed E-state index contributed by atoms with van der Waals surface area (Å²) in [5.74, 6) is 0.742. The van der Waals surface area contributed by atoms with Crippen molar-refractivity contribution in [2.45, 2.75) is 71.3 Å². The number of rotatable bonds is 6. The monoisotopic (exact) mass is 296 g/mol. The molecule has 0 aromatic heterocycles. The van der Waals surface area contributed by atoms with Crippen LogP contribution in [0.15, 0.2) is 0 Å². The average molecular weight is 296 g/mol. The van der Waals surface area contributed by atoms with E-state index in [-0.39, 0.29) is 18.1 Å². The summed E-state index contributed by atoms with van der Waals surface area (Å²) in [6.07, 6.45) is 9.51. The minimum Gasteiger partial charge on any atom is -0.396 e. The number of nitrogens with zero attached hydrogens (tertiary/aromatic N) is 1. The summed E-state index contributed by atoms with van der Waals surface area (Å²) in [7, 11) is 0. The molecule has 4 nitrogen and oxygen atoms in total. The standard InChI is InChI=1S/C17H32N2O2/c1-17(2,13-20)10-6-11-18-16(21)19-12-5-9-15(19)14-7-3-4-8-14/h14-15,20H,3-13H2,1-2H3,(H,18,21). The van der Waals surface area contributed by atoms with Gasteiger partial charge in [-0.1, -0.05) is 26.7 Å². The highest BCUT2D eigenvalue weighted by Crippen LogP contribution is 2.35. The van der Waals surface area contributed by atoms with Crippen LogP contribution >= 0.6 is 0 Å². The van der Waals surface area contributed by atoms with Crippen LogP contribution in [0.1, 0.15) is 65.2 Å². The highest BCUT2D eigenvalue weighted by molar-refractivity contribution is 5.74. The van der Waals surface area contributed by atoms with Crippen molar-refractivity contribution >= 4 is 6.03 Å². The molecule has 2 aliphatic rings. The van der Waals surface area contributed by atoms with Crippen LogP contribution in [0.3, 0.4) is 0 Å². The fourth-order valence-corrected chi connectivity index (χ4v) is 3.82. The Morgan fingerprint density at radius 3 is 2.62 bits per heavy atom. The average Bonchev–Trinajstić information content (AvgIpc) is 3.12. The SMILES string of the molecule is CC(C)(CO)CCCNC(=O)N1CCCC1C1CCCC1. The highest BCUT2D eigenvalue weighted by atomic mass is 16.3. The largest absolute Gasteiger partial charge is 0.396 e. The lowest BCUT2D eigenvalue weighted by Gasteiger charge is -2.29. The number of carbonyl (C=O) groups is 1. The fraction of sp³-hybridized carbons (Fsp3) is 0.941. The van der Waals surface area contributed by atoms with Gasteiger partial charge in [0.1, 0.15) is 0 Å². The van der Waals surface area contributed by atoms with Gasteiger partial charge in [0.2, 0.25) is 0 Å². The van der Waals surface area contributed by atoms with E-state index in [1.165, 1.54) is 32.1 Å². The number of aliphatic hydroxyl groups is 1. The van der Waals surface area contributed by atoms with Crippen molar-refractivity contribution in [1.29, 1.82) is 0 Å². The summed E-state index contributed by atoms with van der Waals surface area (Å²) in [6, 6.07) is 0.618. The van der Waals surface area contributed by atoms with E-state index < -0.39 is 0 Å². The van der Waals surface area contributed by atoms with Gasteiger partial charge in [-0.25, -0.2) is 4.79 Å². The maximum Gasteiger partial charge on any atom is 0.317 e. The van der Waals surface area contributed by atoms with Crippen molar-refractivity contribution in [2.75, 3.05) is 19.7 Å². The Morgan fingerprint density at radius 1 is 1.24 bits per heavy atom. The third-order valence-corrected chi connectivity index (χ3v) is 5.24. The molecule has 4 heteroatoms.